The third-order valence-electron chi connectivity index (χ3n) is 5.93. The minimum Gasteiger partial charge on any atom is -0.319 e. The van der Waals surface area contributed by atoms with Crippen LogP contribution in [0.3, 0.4) is 0 Å². The Balaban J connectivity index is 1.29. The fourth-order valence-electron chi connectivity index (χ4n) is 4.49. The number of rotatable bonds is 4. The highest BCUT2D eigenvalue weighted by Crippen LogP contribution is 2.33. The normalized spacial score (nSPS) is 20.9. The van der Waals surface area contributed by atoms with Gasteiger partial charge in [-0.05, 0) is 30.0 Å². The second kappa shape index (κ2) is 7.40. The molecule has 1 fully saturated rings. The van der Waals surface area contributed by atoms with Crippen LogP contribution in [0.25, 0.3) is 0 Å². The Labute approximate surface area is 168 Å². The molecule has 2 atom stereocenters. The molecule has 1 aromatic heterocycles. The molecule has 1 N–H and O–H groups in total. The van der Waals surface area contributed by atoms with Crippen LogP contribution in [-0.4, -0.2) is 38.7 Å². The van der Waals surface area contributed by atoms with E-state index in [2.05, 4.69) is 20.4 Å². The minimum atomic E-state index is -0.241. The molecule has 2 aliphatic heterocycles. The van der Waals surface area contributed by atoms with Crippen molar-refractivity contribution in [1.29, 1.82) is 0 Å². The first-order valence-electron chi connectivity index (χ1n) is 9.91. The van der Waals surface area contributed by atoms with Crippen molar-refractivity contribution >= 4 is 11.6 Å². The van der Waals surface area contributed by atoms with E-state index in [1.807, 2.05) is 47.0 Å². The molecule has 0 radical (unpaired) electrons. The molecule has 0 bridgehead atoms. The monoisotopic (exact) mass is 391 g/mol. The van der Waals surface area contributed by atoms with Crippen molar-refractivity contribution in [3.05, 3.63) is 77.6 Å². The summed E-state index contributed by atoms with van der Waals surface area (Å²) in [7, 11) is 0. The quantitative estimate of drug-likeness (QED) is 0.743. The Bertz CT molecular complexity index is 1030. The zero-order valence-corrected chi connectivity index (χ0v) is 16.0. The van der Waals surface area contributed by atoms with Crippen LogP contribution in [0, 0.1) is 17.7 Å². The molecule has 0 spiro atoms. The van der Waals surface area contributed by atoms with Crippen molar-refractivity contribution in [2.75, 3.05) is 18.4 Å². The predicted octanol–water partition coefficient (Wildman–Crippen LogP) is 2.97. The van der Waals surface area contributed by atoms with Gasteiger partial charge in [0.15, 0.2) is 0 Å². The first-order chi connectivity index (χ1) is 14.2. The molecule has 0 aliphatic carbocycles. The molecular weight excluding hydrogens is 369 g/mol. The van der Waals surface area contributed by atoms with Gasteiger partial charge in [0.05, 0.1) is 0 Å². The number of fused-ring (bicyclic) bond motifs is 2. The summed E-state index contributed by atoms with van der Waals surface area (Å²) in [5.41, 5.74) is 1.47. The average molecular weight is 391 g/mol. The molecule has 0 saturated carbocycles. The Kier molecular flexibility index (Phi) is 4.60. The van der Waals surface area contributed by atoms with Gasteiger partial charge in [0.1, 0.15) is 11.6 Å². The number of anilines is 1. The summed E-state index contributed by atoms with van der Waals surface area (Å²) in [4.78, 5) is 15.0. The lowest BCUT2D eigenvalue weighted by Gasteiger charge is -2.25. The molecule has 2 aliphatic rings. The highest BCUT2D eigenvalue weighted by molar-refractivity contribution is 6.01. The third-order valence-corrected chi connectivity index (χ3v) is 5.93. The fraction of sp³-hybridized carbons (Fsp3) is 0.318. The molecule has 1 saturated heterocycles. The number of para-hydroxylation sites is 1. The first kappa shape index (κ1) is 18.0. The Hall–Kier alpha value is -3.06. The standard InChI is InChI=1S/C22H22FN5O/c23-19-9-5-4-6-15(19)11-27-12-16-10-20-25-26-21(28(20)14-17(16)13-27)22(29)24-18-7-2-1-3-8-18/h1-9,16-17H,10-14H2,(H,24,29)/t16-,17+/m0/s1. The molecule has 148 valence electrons. The van der Waals surface area contributed by atoms with Gasteiger partial charge >= 0.3 is 0 Å². The Morgan fingerprint density at radius 2 is 1.76 bits per heavy atom. The first-order valence-corrected chi connectivity index (χ1v) is 9.91. The van der Waals surface area contributed by atoms with Gasteiger partial charge in [-0.15, -0.1) is 10.2 Å². The van der Waals surface area contributed by atoms with E-state index in [0.29, 0.717) is 24.2 Å². The van der Waals surface area contributed by atoms with Gasteiger partial charge < -0.3 is 9.88 Å². The van der Waals surface area contributed by atoms with Crippen molar-refractivity contribution in [1.82, 2.24) is 19.7 Å². The molecule has 2 aromatic carbocycles. The van der Waals surface area contributed by atoms with E-state index in [-0.39, 0.29) is 11.7 Å². The average Bonchev–Trinajstić information content (AvgIpc) is 3.31. The summed E-state index contributed by atoms with van der Waals surface area (Å²) in [6.07, 6.45) is 0.796. The lowest BCUT2D eigenvalue weighted by molar-refractivity contribution is 0.100. The number of benzene rings is 2. The number of aromatic nitrogens is 3. The molecule has 3 aromatic rings. The number of carbonyl (C=O) groups excluding carboxylic acids is 1. The molecule has 1 amide bonds. The van der Waals surface area contributed by atoms with E-state index in [9.17, 15) is 9.18 Å². The molecule has 3 heterocycles. The van der Waals surface area contributed by atoms with Crippen LogP contribution in [0.4, 0.5) is 10.1 Å². The van der Waals surface area contributed by atoms with Crippen LogP contribution >= 0.6 is 0 Å². The van der Waals surface area contributed by atoms with Crippen LogP contribution in [0.15, 0.2) is 54.6 Å². The van der Waals surface area contributed by atoms with Crippen LogP contribution in [-0.2, 0) is 19.5 Å². The number of amides is 1. The molecule has 6 nitrogen and oxygen atoms in total. The van der Waals surface area contributed by atoms with E-state index in [4.69, 9.17) is 0 Å². The highest BCUT2D eigenvalue weighted by Gasteiger charge is 2.39. The summed E-state index contributed by atoms with van der Waals surface area (Å²) >= 11 is 0. The van der Waals surface area contributed by atoms with E-state index < -0.39 is 0 Å². The second-order valence-electron chi connectivity index (χ2n) is 7.88. The van der Waals surface area contributed by atoms with Gasteiger partial charge in [-0.1, -0.05) is 36.4 Å². The summed E-state index contributed by atoms with van der Waals surface area (Å²) in [6, 6.07) is 16.3. The van der Waals surface area contributed by atoms with Gasteiger partial charge in [0, 0.05) is 43.9 Å². The number of halogens is 1. The number of hydrogen-bond acceptors (Lipinski definition) is 4. The van der Waals surface area contributed by atoms with Crippen molar-refractivity contribution in [3.8, 4) is 0 Å². The second-order valence-corrected chi connectivity index (χ2v) is 7.88. The van der Waals surface area contributed by atoms with Crippen LogP contribution in [0.5, 0.6) is 0 Å². The molecular formula is C22H22FN5O. The van der Waals surface area contributed by atoms with E-state index >= 15 is 0 Å². The summed E-state index contributed by atoms with van der Waals surface area (Å²) in [6.45, 7) is 3.13. The Morgan fingerprint density at radius 1 is 1.00 bits per heavy atom. The molecule has 29 heavy (non-hydrogen) atoms. The van der Waals surface area contributed by atoms with Crippen LogP contribution in [0.2, 0.25) is 0 Å². The van der Waals surface area contributed by atoms with Gasteiger partial charge in [-0.25, -0.2) is 4.39 Å². The summed E-state index contributed by atoms with van der Waals surface area (Å²) in [5.74, 6) is 1.69. The molecule has 7 heteroatoms. The number of likely N-dealkylation sites (tertiary alicyclic amines) is 1. The third kappa shape index (κ3) is 3.53. The van der Waals surface area contributed by atoms with Gasteiger partial charge in [0.2, 0.25) is 5.82 Å². The maximum atomic E-state index is 14.0. The summed E-state index contributed by atoms with van der Waals surface area (Å²) < 4.78 is 16.0. The molecule has 0 unspecified atom stereocenters. The topological polar surface area (TPSA) is 63.1 Å². The maximum Gasteiger partial charge on any atom is 0.293 e. The van der Waals surface area contributed by atoms with E-state index in [0.717, 1.165) is 43.1 Å². The maximum absolute atomic E-state index is 14.0. The van der Waals surface area contributed by atoms with Gasteiger partial charge in [-0.3, -0.25) is 9.69 Å². The predicted molar refractivity (Wildman–Crippen MR) is 107 cm³/mol. The van der Waals surface area contributed by atoms with Crippen molar-refractivity contribution in [2.45, 2.75) is 19.5 Å². The van der Waals surface area contributed by atoms with Crippen molar-refractivity contribution < 1.29 is 9.18 Å². The zero-order chi connectivity index (χ0) is 19.8. The fourth-order valence-corrected chi connectivity index (χ4v) is 4.49. The highest BCUT2D eigenvalue weighted by atomic mass is 19.1. The number of nitrogens with one attached hydrogen (secondary N) is 1. The van der Waals surface area contributed by atoms with Crippen LogP contribution < -0.4 is 5.32 Å². The Morgan fingerprint density at radius 3 is 2.59 bits per heavy atom. The van der Waals surface area contributed by atoms with Gasteiger partial charge in [-0.2, -0.15) is 0 Å². The van der Waals surface area contributed by atoms with Crippen molar-refractivity contribution in [2.24, 2.45) is 11.8 Å². The minimum absolute atomic E-state index is 0.153. The number of hydrogen-bond donors (Lipinski definition) is 1. The SMILES string of the molecule is O=C(Nc1ccccc1)c1nnc2n1C[C@H]1CN(Cc3ccccc3F)C[C@@H]1C2. The lowest BCUT2D eigenvalue weighted by Crippen LogP contribution is -2.31. The van der Waals surface area contributed by atoms with E-state index in [1.54, 1.807) is 6.07 Å². The zero-order valence-electron chi connectivity index (χ0n) is 16.0. The van der Waals surface area contributed by atoms with E-state index in [1.165, 1.54) is 6.07 Å². The van der Waals surface area contributed by atoms with Gasteiger partial charge in [0.25, 0.3) is 5.91 Å². The summed E-state index contributed by atoms with van der Waals surface area (Å²) in [5, 5.41) is 11.3. The number of carbonyl (C=O) groups is 1. The number of nitrogens with zero attached hydrogens (tertiary/aromatic N) is 4. The molecule has 5 rings (SSSR count). The van der Waals surface area contributed by atoms with Crippen molar-refractivity contribution in [3.63, 3.8) is 0 Å². The van der Waals surface area contributed by atoms with Crippen LogP contribution in [0.1, 0.15) is 22.0 Å². The largest absolute Gasteiger partial charge is 0.319 e. The lowest BCUT2D eigenvalue weighted by atomic mass is 9.89. The smallest absolute Gasteiger partial charge is 0.293 e.